The van der Waals surface area contributed by atoms with Crippen LogP contribution >= 0.6 is 11.3 Å². The summed E-state index contributed by atoms with van der Waals surface area (Å²) < 4.78 is 36.0. The molecular formula is C21H23F2N5O2S. The van der Waals surface area contributed by atoms with Gasteiger partial charge >= 0.3 is 0 Å². The van der Waals surface area contributed by atoms with Gasteiger partial charge in [-0.15, -0.1) is 0 Å². The average Bonchev–Trinajstić information content (AvgIpc) is 3.18. The van der Waals surface area contributed by atoms with Gasteiger partial charge in [-0.05, 0) is 31.9 Å². The second-order valence-electron chi connectivity index (χ2n) is 7.57. The van der Waals surface area contributed by atoms with E-state index in [0.29, 0.717) is 5.69 Å². The highest BCUT2D eigenvalue weighted by Gasteiger charge is 2.27. The van der Waals surface area contributed by atoms with E-state index >= 15 is 0 Å². The van der Waals surface area contributed by atoms with Gasteiger partial charge in [-0.25, -0.2) is 13.8 Å². The Bertz CT molecular complexity index is 1090. The molecule has 1 aliphatic heterocycles. The maximum absolute atomic E-state index is 14.1. The van der Waals surface area contributed by atoms with Crippen molar-refractivity contribution < 1.29 is 18.3 Å². The predicted octanol–water partition coefficient (Wildman–Crippen LogP) is 4.68. The first-order chi connectivity index (χ1) is 14.8. The van der Waals surface area contributed by atoms with Gasteiger partial charge in [0, 0.05) is 7.05 Å². The van der Waals surface area contributed by atoms with E-state index < -0.39 is 17.5 Å². The fraction of sp³-hybridized carbons (Fsp3) is 0.381. The molecule has 0 aliphatic carbocycles. The van der Waals surface area contributed by atoms with Crippen LogP contribution in [-0.2, 0) is 11.8 Å². The van der Waals surface area contributed by atoms with Crippen molar-refractivity contribution in [2.24, 2.45) is 7.05 Å². The zero-order valence-electron chi connectivity index (χ0n) is 17.2. The number of thiazole rings is 1. The number of nitrogen functional groups attached to an aromatic ring is 1. The van der Waals surface area contributed by atoms with Crippen LogP contribution in [-0.4, -0.2) is 26.8 Å². The number of amides is 1. The molecular weight excluding hydrogens is 424 g/mol. The number of aryl methyl sites for hydroxylation is 1. The summed E-state index contributed by atoms with van der Waals surface area (Å²) in [6.07, 6.45) is 5.37. The highest BCUT2D eigenvalue weighted by Crippen LogP contribution is 2.36. The number of ether oxygens (including phenoxy) is 1. The quantitative estimate of drug-likeness (QED) is 0.606. The third-order valence-electron chi connectivity index (χ3n) is 5.31. The molecule has 2 unspecified atom stereocenters. The summed E-state index contributed by atoms with van der Waals surface area (Å²) in [5.74, 6) is -2.11. The van der Waals surface area contributed by atoms with Crippen molar-refractivity contribution in [2.75, 3.05) is 11.1 Å². The lowest BCUT2D eigenvalue weighted by atomic mass is 10.1. The molecule has 3 N–H and O–H groups in total. The molecule has 0 spiro atoms. The first-order valence-electron chi connectivity index (χ1n) is 10.0. The Balaban J connectivity index is 1.61. The van der Waals surface area contributed by atoms with Gasteiger partial charge in [-0.2, -0.15) is 5.10 Å². The van der Waals surface area contributed by atoms with Gasteiger partial charge in [0.1, 0.15) is 27.7 Å². The Hall–Kier alpha value is -2.85. The van der Waals surface area contributed by atoms with E-state index in [9.17, 15) is 13.6 Å². The fourth-order valence-electron chi connectivity index (χ4n) is 3.79. The van der Waals surface area contributed by atoms with Crippen LogP contribution in [0.5, 0.6) is 0 Å². The minimum Gasteiger partial charge on any atom is -0.389 e. The molecule has 1 fully saturated rings. The Labute approximate surface area is 182 Å². The number of nitrogens with two attached hydrogens (primary N) is 1. The molecule has 0 saturated carbocycles. The zero-order chi connectivity index (χ0) is 22.1. The largest absolute Gasteiger partial charge is 0.389 e. The smallest absolute Gasteiger partial charge is 0.277 e. The first kappa shape index (κ1) is 21.4. The van der Waals surface area contributed by atoms with E-state index in [4.69, 9.17) is 10.5 Å². The molecule has 2 aromatic heterocycles. The van der Waals surface area contributed by atoms with E-state index in [1.807, 2.05) is 6.92 Å². The lowest BCUT2D eigenvalue weighted by molar-refractivity contribution is -0.00306. The van der Waals surface area contributed by atoms with Gasteiger partial charge in [0.15, 0.2) is 5.69 Å². The van der Waals surface area contributed by atoms with Gasteiger partial charge in [0.25, 0.3) is 5.91 Å². The molecule has 3 aromatic rings. The summed E-state index contributed by atoms with van der Waals surface area (Å²) >= 11 is 0.856. The highest BCUT2D eigenvalue weighted by molar-refractivity contribution is 7.19. The monoisotopic (exact) mass is 447 g/mol. The standard InChI is InChI=1S/C21H23F2N5O2S/c1-11-6-3-4-9-15(30-11)18-14(10-25-28(18)2)26-20(29)17-19(24)31-21(27-17)16-12(22)7-5-8-13(16)23/h5,7-8,10-11,15H,3-4,6,9,24H2,1-2H3,(H,26,29). The van der Waals surface area contributed by atoms with Gasteiger partial charge < -0.3 is 15.8 Å². The van der Waals surface area contributed by atoms with Crippen LogP contribution in [0.15, 0.2) is 24.4 Å². The molecule has 1 aromatic carbocycles. The molecule has 3 heterocycles. The number of aromatic nitrogens is 3. The van der Waals surface area contributed by atoms with Gasteiger partial charge in [-0.1, -0.05) is 30.2 Å². The number of nitrogens with zero attached hydrogens (tertiary/aromatic N) is 3. The molecule has 2 atom stereocenters. The Morgan fingerprint density at radius 1 is 1.29 bits per heavy atom. The van der Waals surface area contributed by atoms with Crippen molar-refractivity contribution in [1.29, 1.82) is 0 Å². The lowest BCUT2D eigenvalue weighted by Crippen LogP contribution is -2.18. The van der Waals surface area contributed by atoms with Crippen molar-refractivity contribution in [1.82, 2.24) is 14.8 Å². The van der Waals surface area contributed by atoms with Crippen molar-refractivity contribution in [2.45, 2.75) is 44.8 Å². The molecule has 1 amide bonds. The number of anilines is 2. The number of halogens is 2. The summed E-state index contributed by atoms with van der Waals surface area (Å²) in [6, 6.07) is 3.52. The number of carbonyl (C=O) groups is 1. The Morgan fingerprint density at radius 3 is 2.74 bits per heavy atom. The highest BCUT2D eigenvalue weighted by atomic mass is 32.1. The number of rotatable bonds is 4. The Kier molecular flexibility index (Phi) is 6.01. The van der Waals surface area contributed by atoms with E-state index in [0.717, 1.165) is 54.8 Å². The van der Waals surface area contributed by atoms with Crippen LogP contribution < -0.4 is 11.1 Å². The Morgan fingerprint density at radius 2 is 2.00 bits per heavy atom. The number of carbonyl (C=O) groups excluding carboxylic acids is 1. The lowest BCUT2D eigenvalue weighted by Gasteiger charge is -2.20. The van der Waals surface area contributed by atoms with E-state index in [1.165, 1.54) is 6.07 Å². The molecule has 164 valence electrons. The van der Waals surface area contributed by atoms with Crippen LogP contribution in [0.1, 0.15) is 54.9 Å². The SMILES string of the molecule is CC1CCCCC(c2c(NC(=O)c3nc(-c4c(F)cccc4F)sc3N)cnn2C)O1. The topological polar surface area (TPSA) is 95.1 Å². The van der Waals surface area contributed by atoms with Gasteiger partial charge in [0.05, 0.1) is 29.2 Å². The molecule has 0 bridgehead atoms. The molecule has 7 nitrogen and oxygen atoms in total. The van der Waals surface area contributed by atoms with Crippen LogP contribution in [0.25, 0.3) is 10.6 Å². The maximum Gasteiger partial charge on any atom is 0.277 e. The minimum absolute atomic E-state index is 0.00517. The first-order valence-corrected chi connectivity index (χ1v) is 10.9. The van der Waals surface area contributed by atoms with Crippen molar-refractivity contribution in [3.8, 4) is 10.6 Å². The normalized spacial score (nSPS) is 19.2. The molecule has 4 rings (SSSR count). The van der Waals surface area contributed by atoms with Gasteiger partial charge in [0.2, 0.25) is 0 Å². The summed E-state index contributed by atoms with van der Waals surface area (Å²) in [7, 11) is 1.79. The van der Waals surface area contributed by atoms with Crippen LogP contribution in [0, 0.1) is 11.6 Å². The van der Waals surface area contributed by atoms with Crippen LogP contribution in [0.3, 0.4) is 0 Å². The molecule has 10 heteroatoms. The van der Waals surface area contributed by atoms with Crippen LogP contribution in [0.2, 0.25) is 0 Å². The van der Waals surface area contributed by atoms with Gasteiger partial charge in [-0.3, -0.25) is 9.48 Å². The van der Waals surface area contributed by atoms with E-state index in [-0.39, 0.29) is 33.5 Å². The number of benzene rings is 1. The number of nitrogens with one attached hydrogen (secondary N) is 1. The predicted molar refractivity (Wildman–Crippen MR) is 115 cm³/mol. The summed E-state index contributed by atoms with van der Waals surface area (Å²) in [6.45, 7) is 2.03. The molecule has 1 saturated heterocycles. The summed E-state index contributed by atoms with van der Waals surface area (Å²) in [5, 5.41) is 7.13. The maximum atomic E-state index is 14.1. The third kappa shape index (κ3) is 4.31. The average molecular weight is 448 g/mol. The van der Waals surface area contributed by atoms with Crippen molar-refractivity contribution in [3.63, 3.8) is 0 Å². The molecule has 1 aliphatic rings. The third-order valence-corrected chi connectivity index (χ3v) is 6.21. The fourth-order valence-corrected chi connectivity index (χ4v) is 4.67. The number of hydrogen-bond donors (Lipinski definition) is 2. The molecule has 31 heavy (non-hydrogen) atoms. The summed E-state index contributed by atoms with van der Waals surface area (Å²) in [5.41, 5.74) is 6.83. The second-order valence-corrected chi connectivity index (χ2v) is 8.60. The van der Waals surface area contributed by atoms with E-state index in [1.54, 1.807) is 17.9 Å². The minimum atomic E-state index is -0.769. The number of hydrogen-bond acceptors (Lipinski definition) is 6. The van der Waals surface area contributed by atoms with Crippen molar-refractivity contribution >= 4 is 27.9 Å². The second kappa shape index (κ2) is 8.72. The van der Waals surface area contributed by atoms with Crippen molar-refractivity contribution in [3.05, 3.63) is 47.4 Å². The molecule has 0 radical (unpaired) electrons. The van der Waals surface area contributed by atoms with Crippen LogP contribution in [0.4, 0.5) is 19.5 Å². The summed E-state index contributed by atoms with van der Waals surface area (Å²) in [4.78, 5) is 17.0. The zero-order valence-corrected chi connectivity index (χ0v) is 18.0. The van der Waals surface area contributed by atoms with E-state index in [2.05, 4.69) is 15.4 Å².